The molecule has 4 N–H and O–H groups in total. The average molecular weight is 284 g/mol. The van der Waals surface area contributed by atoms with Gasteiger partial charge in [0.1, 0.15) is 5.60 Å². The second-order valence-corrected chi connectivity index (χ2v) is 5.81. The number of nitrogens with two attached hydrogens (primary N) is 1. The van der Waals surface area contributed by atoms with E-state index in [0.29, 0.717) is 0 Å². The maximum Gasteiger partial charge on any atom is 0.472 e. The van der Waals surface area contributed by atoms with E-state index in [0.717, 1.165) is 0 Å². The van der Waals surface area contributed by atoms with Gasteiger partial charge >= 0.3 is 13.9 Å². The topological polar surface area (TPSA) is 120 Å². The summed E-state index contributed by atoms with van der Waals surface area (Å²) in [5, 5.41) is 2.37. The first-order valence-electron chi connectivity index (χ1n) is 5.45. The largest absolute Gasteiger partial charge is 0.472 e. The number of rotatable bonds is 7. The predicted molar refractivity (Wildman–Crippen MR) is 65.0 cm³/mol. The smallest absolute Gasteiger partial charge is 0.444 e. The highest BCUT2D eigenvalue weighted by Crippen LogP contribution is 2.42. The van der Waals surface area contributed by atoms with Crippen molar-refractivity contribution in [3.05, 3.63) is 0 Å². The van der Waals surface area contributed by atoms with Crippen LogP contribution in [0.1, 0.15) is 20.8 Å². The van der Waals surface area contributed by atoms with Crippen LogP contribution in [-0.4, -0.2) is 42.9 Å². The fourth-order valence-electron chi connectivity index (χ4n) is 0.834. The molecule has 1 atom stereocenters. The molecule has 0 spiro atoms. The highest BCUT2D eigenvalue weighted by Gasteiger charge is 2.20. The normalized spacial score (nSPS) is 14.9. The van der Waals surface area contributed by atoms with Gasteiger partial charge in [0.25, 0.3) is 0 Å². The minimum atomic E-state index is -4.08. The van der Waals surface area contributed by atoms with Crippen LogP contribution in [0.25, 0.3) is 0 Å². The van der Waals surface area contributed by atoms with E-state index >= 15 is 0 Å². The maximum absolute atomic E-state index is 11.2. The zero-order chi connectivity index (χ0) is 14.2. The van der Waals surface area contributed by atoms with E-state index < -0.39 is 19.5 Å². The molecule has 0 heterocycles. The molecule has 0 radical (unpaired) electrons. The van der Waals surface area contributed by atoms with Crippen LogP contribution >= 0.6 is 7.82 Å². The van der Waals surface area contributed by atoms with Crippen LogP contribution in [0, 0.1) is 0 Å². The molecule has 108 valence electrons. The van der Waals surface area contributed by atoms with Crippen molar-refractivity contribution in [1.29, 1.82) is 0 Å². The number of ether oxygens (including phenoxy) is 1. The standard InChI is InChI=1S/C9H21N2O6P/c1-9(2,3)17-8(12)11-5-7-16-18(13,14)15-6-4-10/h4-7,10H2,1-3H3,(H,11,12)(H,13,14). The molecule has 0 aliphatic rings. The van der Waals surface area contributed by atoms with Gasteiger partial charge in [0, 0.05) is 13.1 Å². The Hall–Kier alpha value is -0.660. The first kappa shape index (κ1) is 17.3. The predicted octanol–water partition coefficient (Wildman–Crippen LogP) is 0.603. The van der Waals surface area contributed by atoms with Gasteiger partial charge in [-0.25, -0.2) is 9.36 Å². The van der Waals surface area contributed by atoms with Crippen molar-refractivity contribution in [2.75, 3.05) is 26.3 Å². The summed E-state index contributed by atoms with van der Waals surface area (Å²) in [6.45, 7) is 5.09. The molecule has 9 heteroatoms. The van der Waals surface area contributed by atoms with Gasteiger partial charge in [0.2, 0.25) is 0 Å². The summed E-state index contributed by atoms with van der Waals surface area (Å²) in [7, 11) is -4.08. The minimum Gasteiger partial charge on any atom is -0.444 e. The van der Waals surface area contributed by atoms with Crippen LogP contribution in [0.2, 0.25) is 0 Å². The molecule has 1 unspecified atom stereocenters. The van der Waals surface area contributed by atoms with Crippen LogP contribution in [0.4, 0.5) is 4.79 Å². The Kier molecular flexibility index (Phi) is 7.42. The van der Waals surface area contributed by atoms with E-state index in [1.807, 2.05) is 0 Å². The summed E-state index contributed by atoms with van der Waals surface area (Å²) in [4.78, 5) is 20.3. The summed E-state index contributed by atoms with van der Waals surface area (Å²) in [5.74, 6) is 0. The number of carbonyl (C=O) groups is 1. The van der Waals surface area contributed by atoms with E-state index in [2.05, 4.69) is 14.4 Å². The van der Waals surface area contributed by atoms with Crippen LogP contribution in [0.3, 0.4) is 0 Å². The first-order chi connectivity index (χ1) is 8.16. The summed E-state index contributed by atoms with van der Waals surface area (Å²) in [6.07, 6.45) is -0.623. The molecule has 1 amide bonds. The Morgan fingerprint density at radius 2 is 1.89 bits per heavy atom. The fourth-order valence-corrected chi connectivity index (χ4v) is 1.57. The Bertz CT molecular complexity index is 304. The SMILES string of the molecule is CC(C)(C)OC(=O)NCCOP(=O)(O)OCCN. The lowest BCUT2D eigenvalue weighted by atomic mass is 10.2. The molecule has 0 aromatic rings. The highest BCUT2D eigenvalue weighted by molar-refractivity contribution is 7.47. The summed E-state index contributed by atoms with van der Waals surface area (Å²) in [6, 6.07) is 0. The lowest BCUT2D eigenvalue weighted by Crippen LogP contribution is -2.34. The van der Waals surface area contributed by atoms with Gasteiger partial charge in [-0.1, -0.05) is 0 Å². The van der Waals surface area contributed by atoms with Crippen molar-refractivity contribution in [2.24, 2.45) is 5.73 Å². The monoisotopic (exact) mass is 284 g/mol. The number of carbonyl (C=O) groups excluding carboxylic acids is 1. The molecule has 0 bridgehead atoms. The maximum atomic E-state index is 11.2. The van der Waals surface area contributed by atoms with Gasteiger partial charge in [-0.2, -0.15) is 0 Å². The van der Waals surface area contributed by atoms with Crippen molar-refractivity contribution >= 4 is 13.9 Å². The molecule has 0 fully saturated rings. The van der Waals surface area contributed by atoms with E-state index in [1.165, 1.54) is 0 Å². The van der Waals surface area contributed by atoms with Gasteiger partial charge in [-0.05, 0) is 20.8 Å². The van der Waals surface area contributed by atoms with Gasteiger partial charge in [-0.3, -0.25) is 9.05 Å². The van der Waals surface area contributed by atoms with Gasteiger partial charge in [0.15, 0.2) is 0 Å². The number of alkyl carbamates (subject to hydrolysis) is 1. The van der Waals surface area contributed by atoms with Crippen molar-refractivity contribution in [1.82, 2.24) is 5.32 Å². The second-order valence-electron chi connectivity index (χ2n) is 4.35. The Morgan fingerprint density at radius 3 is 2.39 bits per heavy atom. The highest BCUT2D eigenvalue weighted by atomic mass is 31.2. The molecule has 0 rings (SSSR count). The fraction of sp³-hybridized carbons (Fsp3) is 0.889. The average Bonchev–Trinajstić information content (AvgIpc) is 2.19. The van der Waals surface area contributed by atoms with E-state index in [1.54, 1.807) is 20.8 Å². The number of hydrogen-bond acceptors (Lipinski definition) is 6. The zero-order valence-electron chi connectivity index (χ0n) is 10.8. The molecule has 18 heavy (non-hydrogen) atoms. The summed E-state index contributed by atoms with van der Waals surface area (Å²) in [5.41, 5.74) is 4.51. The molecular formula is C9H21N2O6P. The van der Waals surface area contributed by atoms with E-state index in [-0.39, 0.29) is 26.3 Å². The number of hydrogen-bond donors (Lipinski definition) is 3. The van der Waals surface area contributed by atoms with Gasteiger partial charge in [0.05, 0.1) is 13.2 Å². The summed E-state index contributed by atoms with van der Waals surface area (Å²) < 4.78 is 25.2. The van der Waals surface area contributed by atoms with E-state index in [4.69, 9.17) is 15.4 Å². The Balaban J connectivity index is 3.73. The third-order valence-corrected chi connectivity index (χ3v) is 2.41. The number of nitrogens with one attached hydrogen (secondary N) is 1. The van der Waals surface area contributed by atoms with Gasteiger partial charge < -0.3 is 20.7 Å². The Labute approximate surface area is 106 Å². The molecule has 0 saturated carbocycles. The lowest BCUT2D eigenvalue weighted by molar-refractivity contribution is 0.0513. The zero-order valence-corrected chi connectivity index (χ0v) is 11.7. The third-order valence-electron chi connectivity index (χ3n) is 1.40. The third kappa shape index (κ3) is 10.5. The summed E-state index contributed by atoms with van der Waals surface area (Å²) >= 11 is 0. The molecule has 0 aromatic heterocycles. The molecule has 0 aliphatic heterocycles. The quantitative estimate of drug-likeness (QED) is 0.462. The molecular weight excluding hydrogens is 263 g/mol. The molecule has 0 saturated heterocycles. The van der Waals surface area contributed by atoms with Crippen LogP contribution < -0.4 is 11.1 Å². The molecule has 0 aliphatic carbocycles. The molecule has 0 aromatic carbocycles. The number of phosphoric acid groups is 1. The number of amides is 1. The Morgan fingerprint density at radius 1 is 1.33 bits per heavy atom. The van der Waals surface area contributed by atoms with Crippen molar-refractivity contribution in [3.63, 3.8) is 0 Å². The second kappa shape index (κ2) is 7.70. The van der Waals surface area contributed by atoms with Crippen molar-refractivity contribution in [2.45, 2.75) is 26.4 Å². The van der Waals surface area contributed by atoms with Crippen LogP contribution in [-0.2, 0) is 18.3 Å². The minimum absolute atomic E-state index is 0.0332. The van der Waals surface area contributed by atoms with Crippen LogP contribution in [0.15, 0.2) is 0 Å². The van der Waals surface area contributed by atoms with Crippen molar-refractivity contribution < 1.29 is 28.0 Å². The lowest BCUT2D eigenvalue weighted by Gasteiger charge is -2.19. The van der Waals surface area contributed by atoms with Gasteiger partial charge in [-0.15, -0.1) is 0 Å². The van der Waals surface area contributed by atoms with E-state index in [9.17, 15) is 9.36 Å². The van der Waals surface area contributed by atoms with Crippen molar-refractivity contribution in [3.8, 4) is 0 Å². The first-order valence-corrected chi connectivity index (χ1v) is 6.94. The van der Waals surface area contributed by atoms with Crippen LogP contribution in [0.5, 0.6) is 0 Å². The number of phosphoric ester groups is 1. The molecule has 8 nitrogen and oxygen atoms in total.